The van der Waals surface area contributed by atoms with Crippen LogP contribution in [0.4, 0.5) is 0 Å². The first-order valence-electron chi connectivity index (χ1n) is 10.1. The first kappa shape index (κ1) is 20.4. The Kier molecular flexibility index (Phi) is 5.58. The monoisotopic (exact) mass is 417 g/mol. The molecule has 0 aliphatic rings. The maximum Gasteiger partial charge on any atom is 0.329 e. The van der Waals surface area contributed by atoms with Crippen LogP contribution in [-0.4, -0.2) is 39.8 Å². The molecule has 1 amide bonds. The molecule has 2 heterocycles. The minimum atomic E-state index is -0.995. The van der Waals surface area contributed by atoms with E-state index in [1.807, 2.05) is 54.7 Å². The van der Waals surface area contributed by atoms with Crippen LogP contribution in [0, 0.1) is 0 Å². The van der Waals surface area contributed by atoms with Crippen molar-refractivity contribution < 1.29 is 19.1 Å². The number of aromatic amines is 2. The summed E-state index contributed by atoms with van der Waals surface area (Å²) in [6.07, 6.45) is 2.68. The topological polar surface area (TPSA) is 104 Å². The van der Waals surface area contributed by atoms with Crippen molar-refractivity contribution in [1.82, 2.24) is 15.3 Å². The van der Waals surface area contributed by atoms with E-state index >= 15 is 0 Å². The molecular formula is C24H23N3O4. The van der Waals surface area contributed by atoms with Gasteiger partial charge in [-0.25, -0.2) is 4.79 Å². The number of para-hydroxylation sites is 2. The average Bonchev–Trinajstić information content (AvgIpc) is 3.37. The molecule has 0 aliphatic carbocycles. The van der Waals surface area contributed by atoms with Crippen LogP contribution in [-0.2, 0) is 20.7 Å². The first-order chi connectivity index (χ1) is 14.9. The molecule has 4 rings (SSSR count). The summed E-state index contributed by atoms with van der Waals surface area (Å²) in [6.45, 7) is 2.88. The molecule has 7 heteroatoms. The molecule has 0 saturated heterocycles. The number of carbonyl (C=O) groups is 3. The number of fused-ring (bicyclic) bond motifs is 2. The van der Waals surface area contributed by atoms with Crippen molar-refractivity contribution in [2.75, 3.05) is 0 Å². The second kappa shape index (κ2) is 8.47. The summed E-state index contributed by atoms with van der Waals surface area (Å²) in [4.78, 5) is 43.7. The van der Waals surface area contributed by atoms with Crippen LogP contribution in [0.15, 0.2) is 60.9 Å². The maximum atomic E-state index is 12.9. The second-order valence-corrected chi connectivity index (χ2v) is 7.51. The van der Waals surface area contributed by atoms with Gasteiger partial charge in [-0.2, -0.15) is 0 Å². The van der Waals surface area contributed by atoms with E-state index in [1.165, 1.54) is 6.92 Å². The van der Waals surface area contributed by atoms with E-state index in [9.17, 15) is 14.4 Å². The largest absolute Gasteiger partial charge is 0.453 e. The standard InChI is InChI=1S/C24H23N3O4/c1-14(23(29)19-13-26-21-10-6-4-8-18(19)21)31-24(30)22(27-15(2)28)11-16-12-25-20-9-5-3-7-17(16)20/h3-10,12-14,22,25-26H,11H2,1-2H3,(H,27,28)/t14-,22+/m1/s1. The molecule has 0 unspecified atom stereocenters. The van der Waals surface area contributed by atoms with Gasteiger partial charge in [-0.05, 0) is 24.6 Å². The Morgan fingerprint density at radius 3 is 2.26 bits per heavy atom. The van der Waals surface area contributed by atoms with Crippen molar-refractivity contribution in [3.63, 3.8) is 0 Å². The van der Waals surface area contributed by atoms with Crippen molar-refractivity contribution in [3.8, 4) is 0 Å². The van der Waals surface area contributed by atoms with Crippen molar-refractivity contribution in [2.45, 2.75) is 32.4 Å². The lowest BCUT2D eigenvalue weighted by Crippen LogP contribution is -2.44. The third kappa shape index (κ3) is 4.21. The van der Waals surface area contributed by atoms with Gasteiger partial charge in [-0.3, -0.25) is 9.59 Å². The number of nitrogens with one attached hydrogen (secondary N) is 3. The number of esters is 1. The predicted octanol–water partition coefficient (Wildman–Crippen LogP) is 3.51. The van der Waals surface area contributed by atoms with E-state index in [-0.39, 0.29) is 18.1 Å². The van der Waals surface area contributed by atoms with Crippen LogP contribution in [0.3, 0.4) is 0 Å². The number of amides is 1. The van der Waals surface area contributed by atoms with Gasteiger partial charge in [0.05, 0.1) is 0 Å². The first-order valence-corrected chi connectivity index (χ1v) is 10.1. The predicted molar refractivity (Wildman–Crippen MR) is 118 cm³/mol. The number of benzene rings is 2. The molecule has 7 nitrogen and oxygen atoms in total. The van der Waals surface area contributed by atoms with Crippen LogP contribution in [0.2, 0.25) is 0 Å². The van der Waals surface area contributed by atoms with Crippen LogP contribution >= 0.6 is 0 Å². The summed E-state index contributed by atoms with van der Waals surface area (Å²) in [7, 11) is 0. The van der Waals surface area contributed by atoms with Gasteiger partial charge in [0.2, 0.25) is 11.7 Å². The molecule has 0 bridgehead atoms. The zero-order chi connectivity index (χ0) is 22.0. The summed E-state index contributed by atoms with van der Waals surface area (Å²) in [5.41, 5.74) is 3.11. The molecule has 0 saturated carbocycles. The smallest absolute Gasteiger partial charge is 0.329 e. The number of carbonyl (C=O) groups excluding carboxylic acids is 3. The third-order valence-electron chi connectivity index (χ3n) is 5.28. The third-order valence-corrected chi connectivity index (χ3v) is 5.28. The number of aromatic nitrogens is 2. The second-order valence-electron chi connectivity index (χ2n) is 7.51. The van der Waals surface area contributed by atoms with E-state index in [0.29, 0.717) is 5.56 Å². The highest BCUT2D eigenvalue weighted by Crippen LogP contribution is 2.22. The molecule has 2 atom stereocenters. The Balaban J connectivity index is 1.51. The van der Waals surface area contributed by atoms with Crippen LogP contribution in [0.1, 0.15) is 29.8 Å². The van der Waals surface area contributed by atoms with Crippen molar-refractivity contribution in [1.29, 1.82) is 0 Å². The summed E-state index contributed by atoms with van der Waals surface area (Å²) in [5, 5.41) is 4.38. The molecule has 4 aromatic rings. The average molecular weight is 417 g/mol. The summed E-state index contributed by atoms with van der Waals surface area (Å²) in [6, 6.07) is 14.2. The zero-order valence-corrected chi connectivity index (χ0v) is 17.3. The molecule has 31 heavy (non-hydrogen) atoms. The molecular weight excluding hydrogens is 394 g/mol. The normalized spacial score (nSPS) is 13.1. The molecule has 0 fully saturated rings. The minimum Gasteiger partial charge on any atom is -0.453 e. The van der Waals surface area contributed by atoms with Gasteiger partial charge in [0.25, 0.3) is 0 Å². The van der Waals surface area contributed by atoms with Crippen molar-refractivity contribution >= 4 is 39.5 Å². The Labute approximate surface area is 178 Å². The Hall–Kier alpha value is -3.87. The van der Waals surface area contributed by atoms with Crippen LogP contribution in [0.25, 0.3) is 21.8 Å². The number of rotatable bonds is 7. The Bertz CT molecular complexity index is 1270. The van der Waals surface area contributed by atoms with E-state index in [1.54, 1.807) is 13.1 Å². The molecule has 0 aliphatic heterocycles. The molecule has 0 radical (unpaired) electrons. The summed E-state index contributed by atoms with van der Waals surface area (Å²) < 4.78 is 5.48. The lowest BCUT2D eigenvalue weighted by Gasteiger charge is -2.19. The van der Waals surface area contributed by atoms with Gasteiger partial charge in [0, 0.05) is 53.1 Å². The highest BCUT2D eigenvalue weighted by atomic mass is 16.5. The number of hydrogen-bond donors (Lipinski definition) is 3. The highest BCUT2D eigenvalue weighted by Gasteiger charge is 2.28. The van der Waals surface area contributed by atoms with Gasteiger partial charge in [-0.15, -0.1) is 0 Å². The van der Waals surface area contributed by atoms with Crippen LogP contribution < -0.4 is 5.32 Å². The molecule has 0 spiro atoms. The molecule has 3 N–H and O–H groups in total. The van der Waals surface area contributed by atoms with E-state index in [4.69, 9.17) is 4.74 Å². The van der Waals surface area contributed by atoms with E-state index < -0.39 is 18.1 Å². The Morgan fingerprint density at radius 1 is 0.935 bits per heavy atom. The van der Waals surface area contributed by atoms with E-state index in [2.05, 4.69) is 15.3 Å². The fraction of sp³-hybridized carbons (Fsp3) is 0.208. The van der Waals surface area contributed by atoms with Crippen LogP contribution in [0.5, 0.6) is 0 Å². The highest BCUT2D eigenvalue weighted by molar-refractivity contribution is 6.10. The molecule has 2 aromatic carbocycles. The quantitative estimate of drug-likeness (QED) is 0.316. The number of Topliss-reactive ketones (excluding diaryl/α,β-unsaturated/α-hetero) is 1. The molecule has 2 aromatic heterocycles. The lowest BCUT2D eigenvalue weighted by atomic mass is 10.0. The lowest BCUT2D eigenvalue weighted by molar-refractivity contribution is -0.150. The molecule has 158 valence electrons. The van der Waals surface area contributed by atoms with E-state index in [0.717, 1.165) is 27.4 Å². The van der Waals surface area contributed by atoms with Crippen molar-refractivity contribution in [3.05, 3.63) is 72.1 Å². The zero-order valence-electron chi connectivity index (χ0n) is 17.3. The number of ether oxygens (including phenoxy) is 1. The number of H-pyrrole nitrogens is 2. The van der Waals surface area contributed by atoms with Gasteiger partial charge in [0.1, 0.15) is 6.04 Å². The summed E-state index contributed by atoms with van der Waals surface area (Å²) >= 11 is 0. The summed E-state index contributed by atoms with van der Waals surface area (Å²) in [5.74, 6) is -1.31. The van der Waals surface area contributed by atoms with Gasteiger partial charge in [-0.1, -0.05) is 36.4 Å². The maximum absolute atomic E-state index is 12.9. The number of hydrogen-bond acceptors (Lipinski definition) is 4. The fourth-order valence-corrected chi connectivity index (χ4v) is 3.76. The number of ketones is 1. The Morgan fingerprint density at radius 2 is 1.55 bits per heavy atom. The SMILES string of the molecule is CC(=O)N[C@@H](Cc1c[nH]c2ccccc12)C(=O)O[C@H](C)C(=O)c1c[nH]c2ccccc12. The van der Waals surface area contributed by atoms with Crippen molar-refractivity contribution in [2.24, 2.45) is 0 Å². The van der Waals surface area contributed by atoms with Gasteiger partial charge < -0.3 is 20.0 Å². The van der Waals surface area contributed by atoms with Gasteiger partial charge in [0.15, 0.2) is 6.10 Å². The fourth-order valence-electron chi connectivity index (χ4n) is 3.76. The minimum absolute atomic E-state index is 0.246. The van der Waals surface area contributed by atoms with Gasteiger partial charge >= 0.3 is 5.97 Å².